The van der Waals surface area contributed by atoms with Gasteiger partial charge in [0.15, 0.2) is 5.82 Å². The van der Waals surface area contributed by atoms with Crippen LogP contribution in [0.2, 0.25) is 0 Å². The maximum absolute atomic E-state index is 12.0. The van der Waals surface area contributed by atoms with Crippen LogP contribution in [0, 0.1) is 10.1 Å². The van der Waals surface area contributed by atoms with Gasteiger partial charge in [0.2, 0.25) is 6.41 Å². The van der Waals surface area contributed by atoms with Gasteiger partial charge in [0.05, 0.1) is 28.5 Å². The van der Waals surface area contributed by atoms with Crippen LogP contribution in [0.1, 0.15) is 32.0 Å². The van der Waals surface area contributed by atoms with Gasteiger partial charge >= 0.3 is 0 Å². The van der Waals surface area contributed by atoms with Gasteiger partial charge in [0.1, 0.15) is 0 Å². The Morgan fingerprint density at radius 2 is 1.87 bits per heavy atom. The number of carbonyl (C=O) groups excluding carboxylic acids is 1. The lowest BCUT2D eigenvalue weighted by Crippen LogP contribution is -2.19. The molecule has 0 atom stereocenters. The van der Waals surface area contributed by atoms with Crippen molar-refractivity contribution in [2.75, 3.05) is 10.2 Å². The number of nitrogens with zero attached hydrogens (tertiary/aromatic N) is 4. The van der Waals surface area contributed by atoms with E-state index in [1.54, 1.807) is 36.7 Å². The highest BCUT2D eigenvalue weighted by Crippen LogP contribution is 2.37. The number of pyridine rings is 2. The maximum atomic E-state index is 12.0. The average molecular weight is 405 g/mol. The third kappa shape index (κ3) is 4.60. The first-order chi connectivity index (χ1) is 14.3. The molecule has 0 aliphatic rings. The first-order valence-corrected chi connectivity index (χ1v) is 9.43. The largest absolute Gasteiger partial charge is 0.363 e. The zero-order valence-corrected chi connectivity index (χ0v) is 17.1. The Bertz CT molecular complexity index is 1050. The standard InChI is InChI=1S/C22H23N5O3/c1-22(2,3)18-10-9-17(13-20(18)27(29)30)26(15-28)19-8-6-12-24-21(19)25-14-16-7-4-5-11-23-16/h4-13,15H,14H2,1-3H3,(H,24,25). The van der Waals surface area contributed by atoms with Crippen molar-refractivity contribution < 1.29 is 9.72 Å². The smallest absolute Gasteiger partial charge is 0.275 e. The van der Waals surface area contributed by atoms with E-state index in [9.17, 15) is 14.9 Å². The first-order valence-electron chi connectivity index (χ1n) is 9.43. The first kappa shape index (κ1) is 20.9. The third-order valence-corrected chi connectivity index (χ3v) is 4.58. The Morgan fingerprint density at radius 1 is 1.10 bits per heavy atom. The number of aromatic nitrogens is 2. The summed E-state index contributed by atoms with van der Waals surface area (Å²) in [5, 5.41) is 14.8. The van der Waals surface area contributed by atoms with Gasteiger partial charge in [0, 0.05) is 24.0 Å². The van der Waals surface area contributed by atoms with E-state index in [0.29, 0.717) is 35.7 Å². The highest BCUT2D eigenvalue weighted by molar-refractivity contribution is 5.91. The third-order valence-electron chi connectivity index (χ3n) is 4.58. The van der Waals surface area contributed by atoms with E-state index in [2.05, 4.69) is 15.3 Å². The van der Waals surface area contributed by atoms with Gasteiger partial charge in [-0.05, 0) is 41.8 Å². The summed E-state index contributed by atoms with van der Waals surface area (Å²) >= 11 is 0. The van der Waals surface area contributed by atoms with Crippen LogP contribution in [-0.4, -0.2) is 21.3 Å². The fourth-order valence-electron chi connectivity index (χ4n) is 3.12. The summed E-state index contributed by atoms with van der Waals surface area (Å²) in [6.07, 6.45) is 3.93. The molecule has 8 heteroatoms. The maximum Gasteiger partial charge on any atom is 0.275 e. The van der Waals surface area contributed by atoms with Gasteiger partial charge in [-0.25, -0.2) is 4.98 Å². The van der Waals surface area contributed by atoms with Crippen LogP contribution in [0.15, 0.2) is 60.9 Å². The molecule has 0 fully saturated rings. The molecule has 0 aliphatic carbocycles. The van der Waals surface area contributed by atoms with Crippen molar-refractivity contribution >= 4 is 29.3 Å². The van der Waals surface area contributed by atoms with Crippen LogP contribution in [0.4, 0.5) is 22.9 Å². The van der Waals surface area contributed by atoms with Gasteiger partial charge in [-0.3, -0.25) is 24.8 Å². The molecule has 8 nitrogen and oxygen atoms in total. The van der Waals surface area contributed by atoms with E-state index in [1.807, 2.05) is 39.0 Å². The Morgan fingerprint density at radius 3 is 2.50 bits per heavy atom. The average Bonchev–Trinajstić information content (AvgIpc) is 2.73. The zero-order chi connectivity index (χ0) is 21.7. The zero-order valence-electron chi connectivity index (χ0n) is 17.1. The summed E-state index contributed by atoms with van der Waals surface area (Å²) in [4.78, 5) is 33.2. The normalized spacial score (nSPS) is 11.0. The van der Waals surface area contributed by atoms with Gasteiger partial charge in [-0.1, -0.05) is 26.8 Å². The molecule has 0 radical (unpaired) electrons. The molecule has 2 aromatic heterocycles. The van der Waals surface area contributed by atoms with Crippen molar-refractivity contribution in [1.29, 1.82) is 0 Å². The van der Waals surface area contributed by atoms with E-state index >= 15 is 0 Å². The number of amides is 1. The highest BCUT2D eigenvalue weighted by atomic mass is 16.6. The van der Waals surface area contributed by atoms with Gasteiger partial charge in [-0.2, -0.15) is 0 Å². The van der Waals surface area contributed by atoms with Crippen LogP contribution in [0.5, 0.6) is 0 Å². The fraction of sp³-hybridized carbons (Fsp3) is 0.227. The Kier molecular flexibility index (Phi) is 6.06. The molecule has 0 saturated heterocycles. The van der Waals surface area contributed by atoms with Crippen LogP contribution >= 0.6 is 0 Å². The summed E-state index contributed by atoms with van der Waals surface area (Å²) in [6.45, 7) is 6.15. The second-order valence-electron chi connectivity index (χ2n) is 7.73. The lowest BCUT2D eigenvalue weighted by Gasteiger charge is -2.23. The molecule has 1 amide bonds. The second-order valence-corrected chi connectivity index (χ2v) is 7.73. The van der Waals surface area contributed by atoms with Gasteiger partial charge < -0.3 is 5.32 Å². The number of anilines is 3. The van der Waals surface area contributed by atoms with Crippen molar-refractivity contribution in [3.8, 4) is 0 Å². The van der Waals surface area contributed by atoms with Crippen LogP contribution in [-0.2, 0) is 16.8 Å². The van der Waals surface area contributed by atoms with Gasteiger partial charge in [0.25, 0.3) is 5.69 Å². The molecule has 0 saturated carbocycles. The predicted octanol–water partition coefficient (Wildman–Crippen LogP) is 4.59. The minimum Gasteiger partial charge on any atom is -0.363 e. The van der Waals surface area contributed by atoms with Crippen LogP contribution in [0.25, 0.3) is 0 Å². The molecule has 154 valence electrons. The number of nitrogens with one attached hydrogen (secondary N) is 1. The second kappa shape index (κ2) is 8.69. The molecular formula is C22H23N5O3. The molecule has 1 aromatic carbocycles. The Labute approximate surface area is 174 Å². The van der Waals surface area contributed by atoms with Crippen molar-refractivity contribution in [3.63, 3.8) is 0 Å². The predicted molar refractivity (Wildman–Crippen MR) is 116 cm³/mol. The van der Waals surface area contributed by atoms with E-state index in [-0.39, 0.29) is 5.69 Å². The Balaban J connectivity index is 1.98. The van der Waals surface area contributed by atoms with E-state index in [4.69, 9.17) is 0 Å². The molecular weight excluding hydrogens is 382 g/mol. The monoisotopic (exact) mass is 405 g/mol. The SMILES string of the molecule is CC(C)(C)c1ccc(N(C=O)c2cccnc2NCc2ccccn2)cc1[N+](=O)[O-]. The molecule has 1 N–H and O–H groups in total. The summed E-state index contributed by atoms with van der Waals surface area (Å²) in [5.41, 5.74) is 1.86. The summed E-state index contributed by atoms with van der Waals surface area (Å²) in [6, 6.07) is 13.8. The number of hydrogen-bond donors (Lipinski definition) is 1. The molecule has 0 aliphatic heterocycles. The Hall–Kier alpha value is -3.81. The molecule has 3 rings (SSSR count). The summed E-state index contributed by atoms with van der Waals surface area (Å²) in [7, 11) is 0. The van der Waals surface area contributed by atoms with Crippen LogP contribution < -0.4 is 10.2 Å². The van der Waals surface area contributed by atoms with E-state index in [1.165, 1.54) is 11.0 Å². The van der Waals surface area contributed by atoms with Crippen molar-refractivity contribution in [1.82, 2.24) is 9.97 Å². The van der Waals surface area contributed by atoms with Crippen LogP contribution in [0.3, 0.4) is 0 Å². The topological polar surface area (TPSA) is 101 Å². The molecule has 0 bridgehead atoms. The molecule has 0 spiro atoms. The molecule has 0 unspecified atom stereocenters. The van der Waals surface area contributed by atoms with E-state index < -0.39 is 10.3 Å². The van der Waals surface area contributed by atoms with Gasteiger partial charge in [-0.15, -0.1) is 0 Å². The quantitative estimate of drug-likeness (QED) is 0.350. The number of hydrogen-bond acceptors (Lipinski definition) is 6. The van der Waals surface area contributed by atoms with Crippen molar-refractivity contribution in [3.05, 3.63) is 82.3 Å². The fourth-order valence-corrected chi connectivity index (χ4v) is 3.12. The minimum atomic E-state index is -0.420. The number of rotatable bonds is 7. The lowest BCUT2D eigenvalue weighted by molar-refractivity contribution is -0.385. The van der Waals surface area contributed by atoms with E-state index in [0.717, 1.165) is 5.69 Å². The summed E-state index contributed by atoms with van der Waals surface area (Å²) < 4.78 is 0. The number of nitro groups is 1. The number of benzene rings is 1. The molecule has 2 heterocycles. The number of nitro benzene ring substituents is 1. The minimum absolute atomic E-state index is 0.0289. The van der Waals surface area contributed by atoms with Crippen molar-refractivity contribution in [2.45, 2.75) is 32.7 Å². The lowest BCUT2D eigenvalue weighted by atomic mass is 9.85. The molecule has 3 aromatic rings. The summed E-state index contributed by atoms with van der Waals surface area (Å²) in [5.74, 6) is 0.470. The molecule has 30 heavy (non-hydrogen) atoms. The highest BCUT2D eigenvalue weighted by Gasteiger charge is 2.26. The van der Waals surface area contributed by atoms with Crippen molar-refractivity contribution in [2.24, 2.45) is 0 Å². The number of carbonyl (C=O) groups is 1.